The molecule has 24 heavy (non-hydrogen) atoms. The Morgan fingerprint density at radius 1 is 1.21 bits per heavy atom. The molecule has 0 saturated carbocycles. The van der Waals surface area contributed by atoms with Crippen LogP contribution in [0.4, 0.5) is 5.69 Å². The highest BCUT2D eigenvalue weighted by Crippen LogP contribution is 2.33. The van der Waals surface area contributed by atoms with Crippen molar-refractivity contribution < 1.29 is 0 Å². The molecular weight excluding hydrogens is 322 g/mol. The number of rotatable bonds is 5. The molecule has 2 heterocycles. The largest absolute Gasteiger partial charge is 0.384 e. The summed E-state index contributed by atoms with van der Waals surface area (Å²) < 4.78 is 1.87. The maximum absolute atomic E-state index is 4.83. The van der Waals surface area contributed by atoms with Gasteiger partial charge < -0.3 is 10.2 Å². The number of anilines is 1. The Morgan fingerprint density at radius 2 is 1.96 bits per heavy atom. The number of nitrogens with one attached hydrogen (secondary N) is 1. The summed E-state index contributed by atoms with van der Waals surface area (Å²) in [4.78, 5) is 7.04. The Hall–Kier alpha value is -1.85. The van der Waals surface area contributed by atoms with Crippen molar-refractivity contribution in [1.29, 1.82) is 0 Å². The molecule has 0 aliphatic rings. The van der Waals surface area contributed by atoms with Gasteiger partial charge in [-0.2, -0.15) is 5.10 Å². The van der Waals surface area contributed by atoms with Crippen LogP contribution in [0.15, 0.2) is 18.2 Å². The van der Waals surface area contributed by atoms with E-state index in [0.717, 1.165) is 47.4 Å². The maximum Gasteiger partial charge on any atom is 0.160 e. The first kappa shape index (κ1) is 18.5. The van der Waals surface area contributed by atoms with E-state index in [4.69, 9.17) is 4.98 Å². The first-order valence-corrected chi connectivity index (χ1v) is 8.09. The molecule has 1 N–H and O–H groups in total. The molecule has 0 saturated heterocycles. The quantitative estimate of drug-likeness (QED) is 0.717. The van der Waals surface area contributed by atoms with E-state index in [9.17, 15) is 0 Å². The van der Waals surface area contributed by atoms with Gasteiger partial charge in [0.2, 0.25) is 0 Å². The van der Waals surface area contributed by atoms with Crippen LogP contribution in [0.25, 0.3) is 21.9 Å². The third-order valence-electron chi connectivity index (χ3n) is 4.17. The fraction of sp³-hybridized carbons (Fsp3) is 0.444. The summed E-state index contributed by atoms with van der Waals surface area (Å²) >= 11 is 0. The molecule has 3 aromatic rings. The monoisotopic (exact) mass is 347 g/mol. The minimum Gasteiger partial charge on any atom is -0.384 e. The first-order chi connectivity index (χ1) is 11.0. The third kappa shape index (κ3) is 3.47. The molecule has 3 rings (SSSR count). The minimum atomic E-state index is 0. The van der Waals surface area contributed by atoms with Gasteiger partial charge in [-0.05, 0) is 52.5 Å². The molecule has 0 unspecified atom stereocenters. The highest BCUT2D eigenvalue weighted by Gasteiger charge is 2.15. The Balaban J connectivity index is 0.00000208. The zero-order valence-corrected chi connectivity index (χ0v) is 15.9. The zero-order chi connectivity index (χ0) is 16.6. The Morgan fingerprint density at radius 3 is 2.67 bits per heavy atom. The van der Waals surface area contributed by atoms with Crippen molar-refractivity contribution >= 4 is 40.0 Å². The van der Waals surface area contributed by atoms with E-state index in [1.807, 2.05) is 11.7 Å². The van der Waals surface area contributed by atoms with Crippen LogP contribution in [0, 0.1) is 13.8 Å². The van der Waals surface area contributed by atoms with Gasteiger partial charge in [0.25, 0.3) is 0 Å². The van der Waals surface area contributed by atoms with Gasteiger partial charge in [-0.3, -0.25) is 4.68 Å². The van der Waals surface area contributed by atoms with Gasteiger partial charge in [0.15, 0.2) is 5.65 Å². The molecule has 1 aromatic carbocycles. The Bertz CT molecular complexity index is 854. The molecule has 6 heteroatoms. The fourth-order valence-electron chi connectivity index (χ4n) is 3.05. The van der Waals surface area contributed by atoms with E-state index < -0.39 is 0 Å². The molecule has 0 aliphatic heterocycles. The SMILES string of the molecule is Cc1ccc2c(NCCCN(C)C)c3c(C)nn(C)c3nc2c1.Cl. The van der Waals surface area contributed by atoms with Crippen LogP contribution >= 0.6 is 12.4 Å². The molecule has 0 radical (unpaired) electrons. The lowest BCUT2D eigenvalue weighted by atomic mass is 10.1. The zero-order valence-electron chi connectivity index (χ0n) is 15.1. The summed E-state index contributed by atoms with van der Waals surface area (Å²) in [6, 6.07) is 6.45. The number of hydrogen-bond acceptors (Lipinski definition) is 4. The molecule has 0 fully saturated rings. The van der Waals surface area contributed by atoms with Crippen LogP contribution in [-0.2, 0) is 7.05 Å². The number of fused-ring (bicyclic) bond motifs is 2. The average Bonchev–Trinajstić information content (AvgIpc) is 2.76. The summed E-state index contributed by atoms with van der Waals surface area (Å²) in [5.74, 6) is 0. The second-order valence-electron chi connectivity index (χ2n) is 6.50. The number of aromatic nitrogens is 3. The topological polar surface area (TPSA) is 46.0 Å². The van der Waals surface area contributed by atoms with Crippen molar-refractivity contribution in [2.45, 2.75) is 20.3 Å². The van der Waals surface area contributed by atoms with Crippen LogP contribution in [0.2, 0.25) is 0 Å². The second-order valence-corrected chi connectivity index (χ2v) is 6.50. The number of pyridine rings is 1. The van der Waals surface area contributed by atoms with Gasteiger partial charge >= 0.3 is 0 Å². The molecule has 0 aliphatic carbocycles. The standard InChI is InChI=1S/C18H25N5.ClH/c1-12-7-8-14-15(11-12)20-18-16(13(2)21-23(18)5)17(14)19-9-6-10-22(3)4;/h7-8,11H,6,9-10H2,1-5H3,(H,19,20);1H. The summed E-state index contributed by atoms with van der Waals surface area (Å²) in [5, 5.41) is 10.5. The van der Waals surface area contributed by atoms with E-state index in [-0.39, 0.29) is 12.4 Å². The maximum atomic E-state index is 4.83. The lowest BCUT2D eigenvalue weighted by molar-refractivity contribution is 0.405. The minimum absolute atomic E-state index is 0. The van der Waals surface area contributed by atoms with Crippen molar-refractivity contribution in [3.8, 4) is 0 Å². The lowest BCUT2D eigenvalue weighted by Crippen LogP contribution is -2.16. The van der Waals surface area contributed by atoms with E-state index in [0.29, 0.717) is 0 Å². The molecule has 0 atom stereocenters. The van der Waals surface area contributed by atoms with Gasteiger partial charge in [0.1, 0.15) is 0 Å². The molecule has 0 amide bonds. The number of halogens is 1. The number of hydrogen-bond donors (Lipinski definition) is 1. The van der Waals surface area contributed by atoms with Gasteiger partial charge in [-0.25, -0.2) is 4.98 Å². The summed E-state index contributed by atoms with van der Waals surface area (Å²) in [6.07, 6.45) is 1.10. The Labute approximate surface area is 149 Å². The molecule has 5 nitrogen and oxygen atoms in total. The number of nitrogens with zero attached hydrogens (tertiary/aromatic N) is 4. The van der Waals surface area contributed by atoms with Gasteiger partial charge in [-0.15, -0.1) is 12.4 Å². The number of benzene rings is 1. The first-order valence-electron chi connectivity index (χ1n) is 8.09. The van der Waals surface area contributed by atoms with Crippen molar-refractivity contribution in [3.63, 3.8) is 0 Å². The van der Waals surface area contributed by atoms with Crippen molar-refractivity contribution in [1.82, 2.24) is 19.7 Å². The lowest BCUT2D eigenvalue weighted by Gasteiger charge is -2.14. The van der Waals surface area contributed by atoms with Crippen LogP contribution in [0.1, 0.15) is 17.7 Å². The average molecular weight is 348 g/mol. The smallest absolute Gasteiger partial charge is 0.160 e. The van der Waals surface area contributed by atoms with E-state index >= 15 is 0 Å². The normalized spacial score (nSPS) is 11.2. The highest BCUT2D eigenvalue weighted by molar-refractivity contribution is 6.07. The predicted molar refractivity (Wildman–Crippen MR) is 104 cm³/mol. The van der Waals surface area contributed by atoms with Crippen LogP contribution in [0.5, 0.6) is 0 Å². The van der Waals surface area contributed by atoms with E-state index in [1.165, 1.54) is 10.9 Å². The second kappa shape index (κ2) is 7.36. The molecule has 2 aromatic heterocycles. The van der Waals surface area contributed by atoms with E-state index in [1.54, 1.807) is 0 Å². The molecule has 130 valence electrons. The fourth-order valence-corrected chi connectivity index (χ4v) is 3.05. The van der Waals surface area contributed by atoms with E-state index in [2.05, 4.69) is 61.5 Å². The summed E-state index contributed by atoms with van der Waals surface area (Å²) in [7, 11) is 6.17. The van der Waals surface area contributed by atoms with Crippen molar-refractivity contribution in [2.24, 2.45) is 7.05 Å². The van der Waals surface area contributed by atoms with Crippen LogP contribution in [0.3, 0.4) is 0 Å². The summed E-state index contributed by atoms with van der Waals surface area (Å²) in [5.41, 5.74) is 5.37. The molecule has 0 bridgehead atoms. The predicted octanol–water partition coefficient (Wildman–Crippen LogP) is 3.52. The van der Waals surface area contributed by atoms with Gasteiger partial charge in [0.05, 0.1) is 22.3 Å². The summed E-state index contributed by atoms with van der Waals surface area (Å²) in [6.45, 7) is 6.16. The van der Waals surface area contributed by atoms with Gasteiger partial charge in [0, 0.05) is 19.0 Å². The van der Waals surface area contributed by atoms with Crippen molar-refractivity contribution in [2.75, 3.05) is 32.5 Å². The molecular formula is C18H26ClN5. The highest BCUT2D eigenvalue weighted by atomic mass is 35.5. The third-order valence-corrected chi connectivity index (χ3v) is 4.17. The number of aryl methyl sites for hydroxylation is 3. The van der Waals surface area contributed by atoms with Crippen molar-refractivity contribution in [3.05, 3.63) is 29.5 Å². The van der Waals surface area contributed by atoms with Crippen LogP contribution in [-0.4, -0.2) is 46.8 Å². The Kier molecular flexibility index (Phi) is 5.67. The van der Waals surface area contributed by atoms with Gasteiger partial charge in [-0.1, -0.05) is 12.1 Å². The molecule has 0 spiro atoms. The van der Waals surface area contributed by atoms with Crippen LogP contribution < -0.4 is 5.32 Å².